The zero-order valence-corrected chi connectivity index (χ0v) is 10.3. The summed E-state index contributed by atoms with van der Waals surface area (Å²) in [6.07, 6.45) is 3.91. The van der Waals surface area contributed by atoms with E-state index in [-0.39, 0.29) is 17.6 Å². The monoisotopic (exact) mass is 259 g/mol. The van der Waals surface area contributed by atoms with Gasteiger partial charge in [-0.25, -0.2) is 9.37 Å². The zero-order chi connectivity index (χ0) is 13.2. The second kappa shape index (κ2) is 4.84. The number of rotatable bonds is 2. The molecule has 3 rings (SSSR count). The average molecular weight is 259 g/mol. The number of halogens is 1. The Balaban J connectivity index is 1.69. The molecule has 2 N–H and O–H groups in total. The van der Waals surface area contributed by atoms with Crippen molar-refractivity contribution >= 4 is 11.6 Å². The van der Waals surface area contributed by atoms with E-state index in [4.69, 9.17) is 0 Å². The van der Waals surface area contributed by atoms with Crippen molar-refractivity contribution in [2.24, 2.45) is 5.92 Å². The first-order valence-electron chi connectivity index (χ1n) is 6.30. The predicted octanol–water partition coefficient (Wildman–Crippen LogP) is 2.29. The number of fused-ring (bicyclic) bond motifs is 1. The molecule has 1 amide bonds. The van der Waals surface area contributed by atoms with Gasteiger partial charge in [0.2, 0.25) is 5.91 Å². The average Bonchev–Trinajstić information content (AvgIpc) is 2.85. The van der Waals surface area contributed by atoms with Gasteiger partial charge < -0.3 is 10.3 Å². The number of carbonyl (C=O) groups is 1. The Hall–Kier alpha value is -2.17. The van der Waals surface area contributed by atoms with Crippen LogP contribution in [0.4, 0.5) is 10.1 Å². The summed E-state index contributed by atoms with van der Waals surface area (Å²) >= 11 is 0. The van der Waals surface area contributed by atoms with Crippen molar-refractivity contribution in [3.05, 3.63) is 47.8 Å². The quantitative estimate of drug-likeness (QED) is 0.869. The Labute approximate surface area is 110 Å². The van der Waals surface area contributed by atoms with E-state index in [0.717, 1.165) is 24.2 Å². The first-order chi connectivity index (χ1) is 9.22. The molecule has 19 heavy (non-hydrogen) atoms. The number of hydrogen-bond acceptors (Lipinski definition) is 2. The van der Waals surface area contributed by atoms with E-state index in [9.17, 15) is 9.18 Å². The van der Waals surface area contributed by atoms with Gasteiger partial charge in [0.1, 0.15) is 5.82 Å². The van der Waals surface area contributed by atoms with Crippen LogP contribution >= 0.6 is 0 Å². The number of amides is 1. The molecular weight excluding hydrogens is 245 g/mol. The van der Waals surface area contributed by atoms with Crippen LogP contribution in [0.1, 0.15) is 17.8 Å². The maximum atomic E-state index is 13.1. The highest BCUT2D eigenvalue weighted by molar-refractivity contribution is 5.92. The summed E-state index contributed by atoms with van der Waals surface area (Å²) in [5, 5.41) is 2.76. The van der Waals surface area contributed by atoms with Gasteiger partial charge in [0.15, 0.2) is 0 Å². The Bertz CT molecular complexity index is 608. The summed E-state index contributed by atoms with van der Waals surface area (Å²) in [6, 6.07) is 5.94. The number of benzene rings is 1. The lowest BCUT2D eigenvalue weighted by Gasteiger charge is -2.20. The molecular formula is C14H14FN3O. The number of aromatic nitrogens is 2. The molecule has 1 heterocycles. The molecule has 1 unspecified atom stereocenters. The minimum Gasteiger partial charge on any atom is -0.348 e. The number of hydrogen-bond donors (Lipinski definition) is 2. The Morgan fingerprint density at radius 2 is 2.37 bits per heavy atom. The smallest absolute Gasteiger partial charge is 0.227 e. The summed E-state index contributed by atoms with van der Waals surface area (Å²) in [5.41, 5.74) is 2.58. The van der Waals surface area contributed by atoms with Crippen LogP contribution in [-0.4, -0.2) is 15.9 Å². The van der Waals surface area contributed by atoms with Gasteiger partial charge in [-0.15, -0.1) is 0 Å². The molecule has 0 radical (unpaired) electrons. The fraction of sp³-hybridized carbons (Fsp3) is 0.286. The number of aromatic amines is 1. The molecule has 1 atom stereocenters. The molecule has 1 aromatic heterocycles. The van der Waals surface area contributed by atoms with E-state index >= 15 is 0 Å². The molecule has 0 fully saturated rings. The third-order valence-electron chi connectivity index (χ3n) is 3.45. The van der Waals surface area contributed by atoms with E-state index < -0.39 is 0 Å². The largest absolute Gasteiger partial charge is 0.348 e. The van der Waals surface area contributed by atoms with Gasteiger partial charge in [0.05, 0.1) is 12.0 Å². The summed E-state index contributed by atoms with van der Waals surface area (Å²) in [4.78, 5) is 19.4. The fourth-order valence-corrected chi connectivity index (χ4v) is 2.44. The maximum Gasteiger partial charge on any atom is 0.227 e. The van der Waals surface area contributed by atoms with E-state index in [0.29, 0.717) is 12.1 Å². The molecule has 0 bridgehead atoms. The Morgan fingerprint density at radius 3 is 3.21 bits per heavy atom. The lowest BCUT2D eigenvalue weighted by molar-refractivity contribution is -0.120. The second-order valence-electron chi connectivity index (χ2n) is 4.77. The van der Waals surface area contributed by atoms with Crippen molar-refractivity contribution < 1.29 is 9.18 Å². The number of nitrogens with zero attached hydrogens (tertiary/aromatic N) is 1. The molecule has 4 nitrogen and oxygen atoms in total. The van der Waals surface area contributed by atoms with Gasteiger partial charge in [-0.1, -0.05) is 6.07 Å². The van der Waals surface area contributed by atoms with Crippen molar-refractivity contribution in [3.8, 4) is 0 Å². The first kappa shape index (κ1) is 11.9. The molecule has 1 aliphatic carbocycles. The highest BCUT2D eigenvalue weighted by Gasteiger charge is 2.26. The molecule has 98 valence electrons. The molecule has 1 aromatic carbocycles. The first-order valence-corrected chi connectivity index (χ1v) is 6.30. The van der Waals surface area contributed by atoms with Crippen molar-refractivity contribution in [3.63, 3.8) is 0 Å². The number of H-pyrrole nitrogens is 1. The molecule has 0 aliphatic heterocycles. The van der Waals surface area contributed by atoms with Gasteiger partial charge in [-0.05, 0) is 31.0 Å². The molecule has 0 saturated heterocycles. The summed E-state index contributed by atoms with van der Waals surface area (Å²) in [6.45, 7) is 0. The third-order valence-corrected chi connectivity index (χ3v) is 3.45. The van der Waals surface area contributed by atoms with Crippen molar-refractivity contribution in [1.82, 2.24) is 9.97 Å². The normalized spacial score (nSPS) is 17.8. The number of aryl methyl sites for hydroxylation is 1. The maximum absolute atomic E-state index is 13.1. The molecule has 1 aliphatic rings. The summed E-state index contributed by atoms with van der Waals surface area (Å²) < 4.78 is 13.1. The SMILES string of the molecule is O=C(Nc1cccc(F)c1)C1CCc2nc[nH]c2C1. The Kier molecular flexibility index (Phi) is 3.03. The summed E-state index contributed by atoms with van der Waals surface area (Å²) in [7, 11) is 0. The van der Waals surface area contributed by atoms with E-state index in [1.54, 1.807) is 18.5 Å². The van der Waals surface area contributed by atoms with Crippen LogP contribution in [0.5, 0.6) is 0 Å². The number of nitrogens with one attached hydrogen (secondary N) is 2. The number of imidazole rings is 1. The topological polar surface area (TPSA) is 57.8 Å². The molecule has 2 aromatic rings. The molecule has 0 saturated carbocycles. The zero-order valence-electron chi connectivity index (χ0n) is 10.3. The van der Waals surface area contributed by atoms with E-state index in [1.165, 1.54) is 12.1 Å². The van der Waals surface area contributed by atoms with Crippen LogP contribution < -0.4 is 5.32 Å². The second-order valence-corrected chi connectivity index (χ2v) is 4.77. The van der Waals surface area contributed by atoms with Crippen LogP contribution in [0.25, 0.3) is 0 Å². The Morgan fingerprint density at radius 1 is 1.47 bits per heavy atom. The van der Waals surface area contributed by atoms with E-state index in [2.05, 4.69) is 15.3 Å². The third kappa shape index (κ3) is 2.50. The van der Waals surface area contributed by atoms with Gasteiger partial charge in [-0.3, -0.25) is 4.79 Å². The van der Waals surface area contributed by atoms with Crippen molar-refractivity contribution in [2.75, 3.05) is 5.32 Å². The van der Waals surface area contributed by atoms with E-state index in [1.807, 2.05) is 0 Å². The van der Waals surface area contributed by atoms with Crippen LogP contribution in [0.15, 0.2) is 30.6 Å². The van der Waals surface area contributed by atoms with Crippen molar-refractivity contribution in [2.45, 2.75) is 19.3 Å². The number of carbonyl (C=O) groups excluding carboxylic acids is 1. The van der Waals surface area contributed by atoms with Gasteiger partial charge >= 0.3 is 0 Å². The standard InChI is InChI=1S/C14H14FN3O/c15-10-2-1-3-11(7-10)18-14(19)9-4-5-12-13(6-9)17-8-16-12/h1-3,7-9H,4-6H2,(H,16,17)(H,18,19). The van der Waals surface area contributed by atoms with Gasteiger partial charge in [-0.2, -0.15) is 0 Å². The number of anilines is 1. The minimum absolute atomic E-state index is 0.0640. The lowest BCUT2D eigenvalue weighted by atomic mass is 9.89. The minimum atomic E-state index is -0.350. The van der Waals surface area contributed by atoms with Crippen molar-refractivity contribution in [1.29, 1.82) is 0 Å². The van der Waals surface area contributed by atoms with Crippen LogP contribution in [0.3, 0.4) is 0 Å². The summed E-state index contributed by atoms with van der Waals surface area (Å²) in [5.74, 6) is -0.501. The van der Waals surface area contributed by atoms with Gasteiger partial charge in [0.25, 0.3) is 0 Å². The fourth-order valence-electron chi connectivity index (χ4n) is 2.44. The highest BCUT2D eigenvalue weighted by atomic mass is 19.1. The van der Waals surface area contributed by atoms with Crippen LogP contribution in [-0.2, 0) is 17.6 Å². The van der Waals surface area contributed by atoms with Crippen LogP contribution in [0, 0.1) is 11.7 Å². The van der Waals surface area contributed by atoms with Gasteiger partial charge in [0, 0.05) is 23.7 Å². The molecule has 0 spiro atoms. The lowest BCUT2D eigenvalue weighted by Crippen LogP contribution is -2.28. The molecule has 5 heteroatoms. The predicted molar refractivity (Wildman–Crippen MR) is 69.1 cm³/mol. The van der Waals surface area contributed by atoms with Crippen LogP contribution in [0.2, 0.25) is 0 Å². The highest BCUT2D eigenvalue weighted by Crippen LogP contribution is 2.24.